The maximum absolute atomic E-state index is 9.66. The number of phenols is 1. The lowest BCUT2D eigenvalue weighted by atomic mass is 10.1. The van der Waals surface area contributed by atoms with Crippen LogP contribution in [0.2, 0.25) is 0 Å². The zero-order valence-electron chi connectivity index (χ0n) is 7.90. The first-order valence-electron chi connectivity index (χ1n) is 4.43. The molecule has 15 heavy (non-hydrogen) atoms. The number of fused-ring (bicyclic) bond motifs is 1. The fourth-order valence-corrected chi connectivity index (χ4v) is 1.89. The Labute approximate surface area is 95.5 Å². The standard InChI is InChI=1S/C11H10BrNO2/c12-10-2-1-7-5-11(14)9(6-15-13)3-8(7)4-10/h1-5,14H,6,13H2. The van der Waals surface area contributed by atoms with Gasteiger partial charge in [-0.25, -0.2) is 5.90 Å². The fraction of sp³-hybridized carbons (Fsp3) is 0.0909. The summed E-state index contributed by atoms with van der Waals surface area (Å²) in [5.74, 6) is 5.19. The molecule has 0 saturated carbocycles. The topological polar surface area (TPSA) is 55.5 Å². The molecule has 0 amide bonds. The van der Waals surface area contributed by atoms with Crippen LogP contribution in [-0.2, 0) is 11.4 Å². The number of benzene rings is 2. The van der Waals surface area contributed by atoms with Gasteiger partial charge in [0.2, 0.25) is 0 Å². The maximum Gasteiger partial charge on any atom is 0.121 e. The smallest absolute Gasteiger partial charge is 0.121 e. The van der Waals surface area contributed by atoms with Crippen LogP contribution in [0.3, 0.4) is 0 Å². The number of aromatic hydroxyl groups is 1. The number of hydrogen-bond donors (Lipinski definition) is 2. The van der Waals surface area contributed by atoms with E-state index in [1.165, 1.54) is 0 Å². The minimum atomic E-state index is 0.203. The molecule has 3 N–H and O–H groups in total. The molecule has 0 aliphatic heterocycles. The minimum absolute atomic E-state index is 0.203. The fourth-order valence-electron chi connectivity index (χ4n) is 1.51. The molecule has 2 aromatic carbocycles. The summed E-state index contributed by atoms with van der Waals surface area (Å²) in [6.45, 7) is 0.203. The lowest BCUT2D eigenvalue weighted by Crippen LogP contribution is -1.99. The third kappa shape index (κ3) is 2.12. The number of nitrogens with two attached hydrogens (primary N) is 1. The Balaban J connectivity index is 2.61. The molecule has 0 aliphatic rings. The highest BCUT2D eigenvalue weighted by Crippen LogP contribution is 2.27. The van der Waals surface area contributed by atoms with E-state index < -0.39 is 0 Å². The van der Waals surface area contributed by atoms with Gasteiger partial charge in [0.1, 0.15) is 5.75 Å². The maximum atomic E-state index is 9.66. The summed E-state index contributed by atoms with van der Waals surface area (Å²) in [7, 11) is 0. The molecule has 0 fully saturated rings. The summed E-state index contributed by atoms with van der Waals surface area (Å²) >= 11 is 3.40. The van der Waals surface area contributed by atoms with Crippen LogP contribution in [0, 0.1) is 0 Å². The van der Waals surface area contributed by atoms with E-state index in [1.807, 2.05) is 24.3 Å². The van der Waals surface area contributed by atoms with Crippen molar-refractivity contribution in [3.05, 3.63) is 40.4 Å². The second-order valence-corrected chi connectivity index (χ2v) is 4.20. The molecule has 0 aromatic heterocycles. The highest BCUT2D eigenvalue weighted by molar-refractivity contribution is 9.10. The van der Waals surface area contributed by atoms with Gasteiger partial charge in [-0.15, -0.1) is 0 Å². The van der Waals surface area contributed by atoms with E-state index in [2.05, 4.69) is 20.8 Å². The zero-order chi connectivity index (χ0) is 10.8. The molecule has 78 valence electrons. The molecule has 2 rings (SSSR count). The van der Waals surface area contributed by atoms with Gasteiger partial charge in [0.05, 0.1) is 6.61 Å². The van der Waals surface area contributed by atoms with Gasteiger partial charge in [-0.05, 0) is 35.0 Å². The van der Waals surface area contributed by atoms with Gasteiger partial charge < -0.3 is 5.11 Å². The van der Waals surface area contributed by atoms with E-state index in [-0.39, 0.29) is 12.4 Å². The van der Waals surface area contributed by atoms with E-state index in [1.54, 1.807) is 6.07 Å². The summed E-state index contributed by atoms with van der Waals surface area (Å²) in [6.07, 6.45) is 0. The molecule has 0 spiro atoms. The Morgan fingerprint density at radius 1 is 1.20 bits per heavy atom. The molecule has 0 saturated heterocycles. The van der Waals surface area contributed by atoms with Crippen LogP contribution in [0.4, 0.5) is 0 Å². The van der Waals surface area contributed by atoms with Gasteiger partial charge in [-0.1, -0.05) is 22.0 Å². The van der Waals surface area contributed by atoms with E-state index in [0.717, 1.165) is 15.2 Å². The highest BCUT2D eigenvalue weighted by atomic mass is 79.9. The van der Waals surface area contributed by atoms with Crippen molar-refractivity contribution in [2.75, 3.05) is 0 Å². The van der Waals surface area contributed by atoms with Crippen molar-refractivity contribution in [2.45, 2.75) is 6.61 Å². The molecule has 0 radical (unpaired) electrons. The van der Waals surface area contributed by atoms with Gasteiger partial charge in [-0.3, -0.25) is 4.84 Å². The predicted octanol–water partition coefficient (Wildman–Crippen LogP) is 2.70. The van der Waals surface area contributed by atoms with Crippen LogP contribution in [0.1, 0.15) is 5.56 Å². The van der Waals surface area contributed by atoms with Crippen LogP contribution in [-0.4, -0.2) is 5.11 Å². The Hall–Kier alpha value is -1.10. The van der Waals surface area contributed by atoms with Crippen LogP contribution in [0.15, 0.2) is 34.8 Å². The molecule has 0 unspecified atom stereocenters. The number of rotatable bonds is 2. The molecule has 3 nitrogen and oxygen atoms in total. The van der Waals surface area contributed by atoms with E-state index in [0.29, 0.717) is 5.56 Å². The van der Waals surface area contributed by atoms with Crippen LogP contribution >= 0.6 is 15.9 Å². The summed E-state index contributed by atoms with van der Waals surface area (Å²) in [5.41, 5.74) is 0.683. The first-order valence-corrected chi connectivity index (χ1v) is 5.23. The van der Waals surface area contributed by atoms with Gasteiger partial charge >= 0.3 is 0 Å². The lowest BCUT2D eigenvalue weighted by molar-refractivity contribution is 0.122. The number of phenolic OH excluding ortho intramolecular Hbond substituents is 1. The van der Waals surface area contributed by atoms with Crippen LogP contribution < -0.4 is 5.90 Å². The quantitative estimate of drug-likeness (QED) is 0.823. The average molecular weight is 268 g/mol. The van der Waals surface area contributed by atoms with Gasteiger partial charge in [-0.2, -0.15) is 0 Å². The highest BCUT2D eigenvalue weighted by Gasteiger charge is 2.04. The SMILES string of the molecule is NOCc1cc2cc(Br)ccc2cc1O. The first kappa shape index (κ1) is 10.4. The van der Waals surface area contributed by atoms with E-state index in [9.17, 15) is 5.11 Å². The summed E-state index contributed by atoms with van der Waals surface area (Å²) < 4.78 is 1.00. The molecule has 0 bridgehead atoms. The third-order valence-corrected chi connectivity index (χ3v) is 2.73. The van der Waals surface area contributed by atoms with Crippen molar-refractivity contribution in [3.63, 3.8) is 0 Å². The molecular formula is C11H10BrNO2. The number of hydrogen-bond acceptors (Lipinski definition) is 3. The van der Waals surface area contributed by atoms with Crippen molar-refractivity contribution in [1.29, 1.82) is 0 Å². The minimum Gasteiger partial charge on any atom is -0.508 e. The van der Waals surface area contributed by atoms with Crippen molar-refractivity contribution in [1.82, 2.24) is 0 Å². The van der Waals surface area contributed by atoms with Crippen molar-refractivity contribution >= 4 is 26.7 Å². The predicted molar refractivity (Wildman–Crippen MR) is 62.3 cm³/mol. The summed E-state index contributed by atoms with van der Waals surface area (Å²) in [5, 5.41) is 11.7. The first-order chi connectivity index (χ1) is 7.20. The zero-order valence-corrected chi connectivity index (χ0v) is 9.49. The molecule has 0 atom stereocenters. The van der Waals surface area contributed by atoms with Crippen molar-refractivity contribution < 1.29 is 9.94 Å². The van der Waals surface area contributed by atoms with E-state index in [4.69, 9.17) is 5.90 Å². The molecular weight excluding hydrogens is 258 g/mol. The lowest BCUT2D eigenvalue weighted by Gasteiger charge is -2.06. The Kier molecular flexibility index (Phi) is 2.90. The van der Waals surface area contributed by atoms with Crippen molar-refractivity contribution in [3.8, 4) is 5.75 Å². The normalized spacial score (nSPS) is 10.8. The largest absolute Gasteiger partial charge is 0.508 e. The molecule has 0 heterocycles. The molecule has 0 aliphatic carbocycles. The monoisotopic (exact) mass is 267 g/mol. The summed E-state index contributed by atoms with van der Waals surface area (Å²) in [4.78, 5) is 4.52. The second kappa shape index (κ2) is 4.18. The third-order valence-electron chi connectivity index (χ3n) is 2.24. The van der Waals surface area contributed by atoms with E-state index >= 15 is 0 Å². The summed E-state index contributed by atoms with van der Waals surface area (Å²) in [6, 6.07) is 9.42. The number of halogens is 1. The second-order valence-electron chi connectivity index (χ2n) is 3.28. The Bertz CT molecular complexity index is 499. The van der Waals surface area contributed by atoms with Crippen molar-refractivity contribution in [2.24, 2.45) is 5.90 Å². The van der Waals surface area contributed by atoms with Crippen LogP contribution in [0.25, 0.3) is 10.8 Å². The van der Waals surface area contributed by atoms with Gasteiger partial charge in [0, 0.05) is 10.0 Å². The Morgan fingerprint density at radius 3 is 2.73 bits per heavy atom. The van der Waals surface area contributed by atoms with Gasteiger partial charge in [0.25, 0.3) is 0 Å². The molecule has 2 aromatic rings. The van der Waals surface area contributed by atoms with Gasteiger partial charge in [0.15, 0.2) is 0 Å². The molecule has 4 heteroatoms. The average Bonchev–Trinajstić information content (AvgIpc) is 2.20. The Morgan fingerprint density at radius 2 is 2.00 bits per heavy atom. The van der Waals surface area contributed by atoms with Crippen LogP contribution in [0.5, 0.6) is 5.75 Å².